The fraction of sp³-hybridized carbons (Fsp3) is 0.692. The Labute approximate surface area is 112 Å². The Morgan fingerprint density at radius 2 is 2.50 bits per heavy atom. The van der Waals surface area contributed by atoms with Gasteiger partial charge in [-0.2, -0.15) is 0 Å². The summed E-state index contributed by atoms with van der Waals surface area (Å²) in [5.74, 6) is 0.529. The van der Waals surface area contributed by atoms with Crippen LogP contribution in [0, 0.1) is 5.92 Å². The monoisotopic (exact) mass is 267 g/mol. The Kier molecular flexibility index (Phi) is 4.72. The molecule has 0 bridgehead atoms. The largest absolute Gasteiger partial charge is 0.350 e. The molecule has 0 spiro atoms. The Morgan fingerprint density at radius 1 is 1.67 bits per heavy atom. The lowest BCUT2D eigenvalue weighted by Gasteiger charge is -2.35. The molecule has 1 saturated heterocycles. The van der Waals surface area contributed by atoms with Crippen LogP contribution in [0.4, 0.5) is 0 Å². The minimum Gasteiger partial charge on any atom is -0.350 e. The lowest BCUT2D eigenvalue weighted by Crippen LogP contribution is -2.43. The number of nitrogens with zero attached hydrogens (tertiary/aromatic N) is 2. The van der Waals surface area contributed by atoms with Crippen LogP contribution >= 0.6 is 11.3 Å². The third-order valence-electron chi connectivity index (χ3n) is 3.50. The number of rotatable bonds is 4. The van der Waals surface area contributed by atoms with E-state index >= 15 is 0 Å². The topological polar surface area (TPSA) is 45.2 Å². The average Bonchev–Trinajstić information content (AvgIpc) is 2.90. The molecule has 1 aromatic rings. The van der Waals surface area contributed by atoms with Crippen molar-refractivity contribution in [3.63, 3.8) is 0 Å². The fourth-order valence-electron chi connectivity index (χ4n) is 2.39. The van der Waals surface area contributed by atoms with Crippen LogP contribution in [0.5, 0.6) is 0 Å². The zero-order valence-electron chi connectivity index (χ0n) is 11.1. The number of aromatic nitrogens is 1. The first kappa shape index (κ1) is 13.5. The van der Waals surface area contributed by atoms with E-state index in [0.29, 0.717) is 17.7 Å². The molecule has 2 rings (SSSR count). The summed E-state index contributed by atoms with van der Waals surface area (Å²) in [6.45, 7) is 7.51. The second-order valence-electron chi connectivity index (χ2n) is 5.18. The van der Waals surface area contributed by atoms with Crippen LogP contribution in [0.15, 0.2) is 10.9 Å². The van der Waals surface area contributed by atoms with Gasteiger partial charge in [0, 0.05) is 24.5 Å². The third-order valence-corrected chi connectivity index (χ3v) is 4.08. The van der Waals surface area contributed by atoms with E-state index in [0.717, 1.165) is 13.1 Å². The highest BCUT2D eigenvalue weighted by Gasteiger charge is 2.22. The maximum atomic E-state index is 11.8. The van der Waals surface area contributed by atoms with Crippen LogP contribution in [0.25, 0.3) is 0 Å². The van der Waals surface area contributed by atoms with Gasteiger partial charge in [0.1, 0.15) is 5.69 Å². The summed E-state index contributed by atoms with van der Waals surface area (Å²) < 4.78 is 0. The van der Waals surface area contributed by atoms with E-state index in [-0.39, 0.29) is 5.91 Å². The Hall–Kier alpha value is -0.940. The lowest BCUT2D eigenvalue weighted by atomic mass is 9.97. The smallest absolute Gasteiger partial charge is 0.270 e. The maximum Gasteiger partial charge on any atom is 0.270 e. The van der Waals surface area contributed by atoms with E-state index < -0.39 is 0 Å². The number of piperidine rings is 1. The van der Waals surface area contributed by atoms with Gasteiger partial charge in [0.2, 0.25) is 0 Å². The van der Waals surface area contributed by atoms with Gasteiger partial charge in [-0.05, 0) is 39.2 Å². The summed E-state index contributed by atoms with van der Waals surface area (Å²) >= 11 is 1.45. The van der Waals surface area contributed by atoms with Crippen molar-refractivity contribution in [3.05, 3.63) is 16.6 Å². The number of thiazole rings is 1. The van der Waals surface area contributed by atoms with Crippen LogP contribution in [-0.2, 0) is 0 Å². The predicted octanol–water partition coefficient (Wildman–Crippen LogP) is 1.99. The Bertz CT molecular complexity index is 378. The van der Waals surface area contributed by atoms with Crippen molar-refractivity contribution in [2.75, 3.05) is 19.6 Å². The molecule has 4 nitrogen and oxygen atoms in total. The minimum atomic E-state index is -0.0436. The van der Waals surface area contributed by atoms with Gasteiger partial charge < -0.3 is 10.2 Å². The number of nitrogens with one attached hydrogen (secondary N) is 1. The van der Waals surface area contributed by atoms with Crippen LogP contribution < -0.4 is 5.32 Å². The van der Waals surface area contributed by atoms with Crippen LogP contribution in [-0.4, -0.2) is 41.5 Å². The lowest BCUT2D eigenvalue weighted by molar-refractivity contribution is 0.0918. The summed E-state index contributed by atoms with van der Waals surface area (Å²) in [4.78, 5) is 18.3. The number of hydrogen-bond acceptors (Lipinski definition) is 4. The Balaban J connectivity index is 1.78. The summed E-state index contributed by atoms with van der Waals surface area (Å²) in [7, 11) is 0. The molecule has 1 fully saturated rings. The zero-order valence-corrected chi connectivity index (χ0v) is 11.9. The van der Waals surface area contributed by atoms with Gasteiger partial charge in [-0.1, -0.05) is 0 Å². The van der Waals surface area contributed by atoms with Gasteiger partial charge in [-0.3, -0.25) is 4.79 Å². The summed E-state index contributed by atoms with van der Waals surface area (Å²) in [6.07, 6.45) is 2.44. The van der Waals surface area contributed by atoms with Crippen molar-refractivity contribution in [2.45, 2.75) is 32.7 Å². The van der Waals surface area contributed by atoms with E-state index in [9.17, 15) is 4.79 Å². The number of carbonyl (C=O) groups excluding carboxylic acids is 1. The molecule has 5 heteroatoms. The van der Waals surface area contributed by atoms with Crippen LogP contribution in [0.2, 0.25) is 0 Å². The number of amides is 1. The highest BCUT2D eigenvalue weighted by Crippen LogP contribution is 2.17. The van der Waals surface area contributed by atoms with E-state index in [4.69, 9.17) is 0 Å². The van der Waals surface area contributed by atoms with E-state index in [1.165, 1.54) is 30.7 Å². The molecule has 1 unspecified atom stereocenters. The molecule has 1 N–H and O–H groups in total. The first-order chi connectivity index (χ1) is 8.66. The molecule has 0 aliphatic carbocycles. The van der Waals surface area contributed by atoms with Crippen molar-refractivity contribution in [2.24, 2.45) is 5.92 Å². The standard InChI is InChI=1S/C13H21N3OS/c1-10(2)16-5-3-4-11(7-16)6-14-13(17)12-8-18-9-15-12/h8-11H,3-7H2,1-2H3,(H,14,17). The van der Waals surface area contributed by atoms with Crippen molar-refractivity contribution >= 4 is 17.2 Å². The first-order valence-corrected chi connectivity index (χ1v) is 7.51. The van der Waals surface area contributed by atoms with Gasteiger partial charge >= 0.3 is 0 Å². The summed E-state index contributed by atoms with van der Waals surface area (Å²) in [5, 5.41) is 4.78. The molecule has 2 heterocycles. The van der Waals surface area contributed by atoms with Crippen molar-refractivity contribution in [1.82, 2.24) is 15.2 Å². The third kappa shape index (κ3) is 3.53. The van der Waals surface area contributed by atoms with E-state index in [1.54, 1.807) is 10.9 Å². The minimum absolute atomic E-state index is 0.0436. The van der Waals surface area contributed by atoms with E-state index in [2.05, 4.69) is 29.0 Å². The highest BCUT2D eigenvalue weighted by molar-refractivity contribution is 7.07. The number of likely N-dealkylation sites (tertiary alicyclic amines) is 1. The van der Waals surface area contributed by atoms with Gasteiger partial charge in [0.25, 0.3) is 5.91 Å². The van der Waals surface area contributed by atoms with Crippen LogP contribution in [0.3, 0.4) is 0 Å². The van der Waals surface area contributed by atoms with E-state index in [1.807, 2.05) is 0 Å². The van der Waals surface area contributed by atoms with Gasteiger partial charge in [0.05, 0.1) is 5.51 Å². The summed E-state index contributed by atoms with van der Waals surface area (Å²) in [5.41, 5.74) is 2.23. The molecule has 0 radical (unpaired) electrons. The van der Waals surface area contributed by atoms with Gasteiger partial charge in [-0.15, -0.1) is 11.3 Å². The molecule has 1 aromatic heterocycles. The van der Waals surface area contributed by atoms with Crippen LogP contribution in [0.1, 0.15) is 37.2 Å². The van der Waals surface area contributed by atoms with Crippen molar-refractivity contribution in [1.29, 1.82) is 0 Å². The van der Waals surface area contributed by atoms with Crippen molar-refractivity contribution in [3.8, 4) is 0 Å². The molecule has 18 heavy (non-hydrogen) atoms. The predicted molar refractivity (Wildman–Crippen MR) is 73.9 cm³/mol. The molecule has 1 aliphatic heterocycles. The molecular formula is C13H21N3OS. The molecule has 100 valence electrons. The van der Waals surface area contributed by atoms with Gasteiger partial charge in [-0.25, -0.2) is 4.98 Å². The fourth-order valence-corrected chi connectivity index (χ4v) is 2.92. The first-order valence-electron chi connectivity index (χ1n) is 6.57. The highest BCUT2D eigenvalue weighted by atomic mass is 32.1. The SMILES string of the molecule is CC(C)N1CCCC(CNC(=O)c2cscn2)C1. The second-order valence-corrected chi connectivity index (χ2v) is 5.90. The van der Waals surface area contributed by atoms with Crippen molar-refractivity contribution < 1.29 is 4.79 Å². The molecule has 1 aliphatic rings. The molecule has 1 atom stereocenters. The average molecular weight is 267 g/mol. The molecule has 1 amide bonds. The zero-order chi connectivity index (χ0) is 13.0. The molecule has 0 saturated carbocycles. The number of hydrogen-bond donors (Lipinski definition) is 1. The Morgan fingerprint density at radius 3 is 3.17 bits per heavy atom. The maximum absolute atomic E-state index is 11.8. The summed E-state index contributed by atoms with van der Waals surface area (Å²) in [6, 6.07) is 0.599. The quantitative estimate of drug-likeness (QED) is 0.907. The molecular weight excluding hydrogens is 246 g/mol. The van der Waals surface area contributed by atoms with Gasteiger partial charge in [0.15, 0.2) is 0 Å². The number of carbonyl (C=O) groups is 1. The normalized spacial score (nSPS) is 21.2. The second kappa shape index (κ2) is 6.29. The molecule has 0 aromatic carbocycles.